The third-order valence-corrected chi connectivity index (χ3v) is 3.50. The van der Waals surface area contributed by atoms with Crippen LogP contribution in [-0.4, -0.2) is 9.97 Å². The Bertz CT molecular complexity index is 442. The lowest BCUT2D eigenvalue weighted by Crippen LogP contribution is -2.00. The largest absolute Gasteiger partial charge is 0.348 e. The molecule has 0 saturated carbocycles. The molecule has 0 fully saturated rings. The van der Waals surface area contributed by atoms with Crippen molar-refractivity contribution in [2.45, 2.75) is 45.4 Å². The summed E-state index contributed by atoms with van der Waals surface area (Å²) in [4.78, 5) is 7.34. The molecule has 1 unspecified atom stereocenters. The van der Waals surface area contributed by atoms with Gasteiger partial charge in [0.2, 0.25) is 0 Å². The van der Waals surface area contributed by atoms with Gasteiger partial charge in [0, 0.05) is 17.8 Å². The van der Waals surface area contributed by atoms with E-state index in [0.717, 1.165) is 6.42 Å². The van der Waals surface area contributed by atoms with Crippen LogP contribution in [0.2, 0.25) is 0 Å². The first kappa shape index (κ1) is 12.9. The number of hydrogen-bond acceptors (Lipinski definition) is 1. The monoisotopic (exact) mass is 242 g/mol. The molecule has 1 heterocycles. The molecule has 0 aliphatic rings. The number of unbranched alkanes of at least 4 members (excludes halogenated alkanes) is 1. The van der Waals surface area contributed by atoms with Crippen LogP contribution in [0.3, 0.4) is 0 Å². The number of rotatable bonds is 6. The number of H-pyrrole nitrogens is 1. The summed E-state index contributed by atoms with van der Waals surface area (Å²) in [6.07, 6.45) is 8.51. The van der Waals surface area contributed by atoms with Crippen LogP contribution in [0, 0.1) is 0 Å². The number of hydrogen-bond donors (Lipinski definition) is 1. The standard InChI is InChI=1S/C16H22N2/c1-3-5-6-13-7-9-14(10-8-13)15(4-2)16-11-17-12-18-16/h7-12,15H,3-6H2,1-2H3,(H,17,18). The number of benzene rings is 1. The van der Waals surface area contributed by atoms with Crippen molar-refractivity contribution in [2.24, 2.45) is 0 Å². The van der Waals surface area contributed by atoms with Crippen molar-refractivity contribution in [1.29, 1.82) is 0 Å². The summed E-state index contributed by atoms with van der Waals surface area (Å²) in [5.74, 6) is 0.438. The average molecular weight is 242 g/mol. The summed E-state index contributed by atoms with van der Waals surface area (Å²) in [6.45, 7) is 4.45. The maximum absolute atomic E-state index is 4.12. The summed E-state index contributed by atoms with van der Waals surface area (Å²) < 4.78 is 0. The van der Waals surface area contributed by atoms with Crippen LogP contribution in [0.5, 0.6) is 0 Å². The number of imidazole rings is 1. The molecule has 1 atom stereocenters. The van der Waals surface area contributed by atoms with Gasteiger partial charge in [-0.15, -0.1) is 0 Å². The van der Waals surface area contributed by atoms with E-state index < -0.39 is 0 Å². The molecule has 2 nitrogen and oxygen atoms in total. The molecule has 18 heavy (non-hydrogen) atoms. The van der Waals surface area contributed by atoms with Crippen LogP contribution < -0.4 is 0 Å². The lowest BCUT2D eigenvalue weighted by molar-refractivity contribution is 0.752. The molecule has 0 radical (unpaired) electrons. The smallest absolute Gasteiger partial charge is 0.0921 e. The fourth-order valence-electron chi connectivity index (χ4n) is 2.39. The van der Waals surface area contributed by atoms with Gasteiger partial charge >= 0.3 is 0 Å². The quantitative estimate of drug-likeness (QED) is 0.804. The summed E-state index contributed by atoms with van der Waals surface area (Å²) >= 11 is 0. The topological polar surface area (TPSA) is 28.7 Å². The first-order chi connectivity index (χ1) is 8.85. The van der Waals surface area contributed by atoms with Gasteiger partial charge in [-0.05, 0) is 30.4 Å². The van der Waals surface area contributed by atoms with Crippen LogP contribution >= 0.6 is 0 Å². The zero-order valence-corrected chi connectivity index (χ0v) is 11.3. The van der Waals surface area contributed by atoms with E-state index in [1.165, 1.54) is 36.1 Å². The van der Waals surface area contributed by atoms with Gasteiger partial charge in [0.05, 0.1) is 6.33 Å². The van der Waals surface area contributed by atoms with Gasteiger partial charge in [-0.25, -0.2) is 4.98 Å². The molecule has 0 bridgehead atoms. The van der Waals surface area contributed by atoms with Crippen LogP contribution in [-0.2, 0) is 6.42 Å². The molecular formula is C16H22N2. The molecule has 1 aromatic carbocycles. The van der Waals surface area contributed by atoms with Crippen molar-refractivity contribution >= 4 is 0 Å². The van der Waals surface area contributed by atoms with Crippen molar-refractivity contribution in [3.8, 4) is 0 Å². The third kappa shape index (κ3) is 3.00. The maximum atomic E-state index is 4.12. The van der Waals surface area contributed by atoms with Gasteiger partial charge in [-0.3, -0.25) is 0 Å². The van der Waals surface area contributed by atoms with Crippen LogP contribution in [0.25, 0.3) is 0 Å². The number of nitrogens with one attached hydrogen (secondary N) is 1. The second-order valence-corrected chi connectivity index (χ2v) is 4.81. The summed E-state index contributed by atoms with van der Waals surface area (Å²) in [5.41, 5.74) is 4.03. The van der Waals surface area contributed by atoms with Gasteiger partial charge in [-0.1, -0.05) is 44.5 Å². The number of nitrogens with zero attached hydrogens (tertiary/aromatic N) is 1. The Balaban J connectivity index is 2.12. The highest BCUT2D eigenvalue weighted by atomic mass is 14.9. The Hall–Kier alpha value is -1.57. The van der Waals surface area contributed by atoms with E-state index in [-0.39, 0.29) is 0 Å². The van der Waals surface area contributed by atoms with Crippen molar-refractivity contribution in [3.63, 3.8) is 0 Å². The van der Waals surface area contributed by atoms with Gasteiger partial charge in [-0.2, -0.15) is 0 Å². The van der Waals surface area contributed by atoms with Crippen molar-refractivity contribution in [1.82, 2.24) is 9.97 Å². The number of aromatic amines is 1. The van der Waals surface area contributed by atoms with E-state index in [2.05, 4.69) is 48.1 Å². The lowest BCUT2D eigenvalue weighted by atomic mass is 9.92. The van der Waals surface area contributed by atoms with Crippen molar-refractivity contribution < 1.29 is 0 Å². The van der Waals surface area contributed by atoms with Gasteiger partial charge in [0.15, 0.2) is 0 Å². The maximum Gasteiger partial charge on any atom is 0.0921 e. The Morgan fingerprint density at radius 2 is 1.94 bits per heavy atom. The van der Waals surface area contributed by atoms with Crippen LogP contribution in [0.1, 0.15) is 55.8 Å². The van der Waals surface area contributed by atoms with Gasteiger partial charge in [0.25, 0.3) is 0 Å². The fraction of sp³-hybridized carbons (Fsp3) is 0.438. The Kier molecular flexibility index (Phi) is 4.57. The minimum Gasteiger partial charge on any atom is -0.348 e. The molecule has 0 aliphatic heterocycles. The van der Waals surface area contributed by atoms with E-state index >= 15 is 0 Å². The van der Waals surface area contributed by atoms with E-state index in [1.54, 1.807) is 6.33 Å². The molecule has 2 heteroatoms. The summed E-state index contributed by atoms with van der Waals surface area (Å²) in [6, 6.07) is 9.06. The van der Waals surface area contributed by atoms with E-state index in [0.29, 0.717) is 5.92 Å². The zero-order chi connectivity index (χ0) is 12.8. The number of aromatic nitrogens is 2. The first-order valence-corrected chi connectivity index (χ1v) is 6.92. The molecular weight excluding hydrogens is 220 g/mol. The lowest BCUT2D eigenvalue weighted by Gasteiger charge is -2.14. The highest BCUT2D eigenvalue weighted by molar-refractivity contribution is 5.30. The molecule has 0 aliphatic carbocycles. The molecule has 0 spiro atoms. The Labute approximate surface area is 109 Å². The van der Waals surface area contributed by atoms with E-state index in [4.69, 9.17) is 0 Å². The molecule has 0 saturated heterocycles. The number of aryl methyl sites for hydroxylation is 1. The van der Waals surface area contributed by atoms with Crippen molar-refractivity contribution in [2.75, 3.05) is 0 Å². The molecule has 1 N–H and O–H groups in total. The van der Waals surface area contributed by atoms with Gasteiger partial charge < -0.3 is 4.98 Å². The van der Waals surface area contributed by atoms with E-state index in [9.17, 15) is 0 Å². The zero-order valence-electron chi connectivity index (χ0n) is 11.3. The Morgan fingerprint density at radius 1 is 1.17 bits per heavy atom. The molecule has 1 aromatic heterocycles. The van der Waals surface area contributed by atoms with E-state index in [1.807, 2.05) is 6.20 Å². The second kappa shape index (κ2) is 6.39. The molecule has 96 valence electrons. The third-order valence-electron chi connectivity index (χ3n) is 3.50. The second-order valence-electron chi connectivity index (χ2n) is 4.81. The first-order valence-electron chi connectivity index (χ1n) is 6.92. The highest BCUT2D eigenvalue weighted by Gasteiger charge is 2.12. The van der Waals surface area contributed by atoms with Gasteiger partial charge in [0.1, 0.15) is 0 Å². The molecule has 0 amide bonds. The average Bonchev–Trinajstić information content (AvgIpc) is 2.93. The minimum absolute atomic E-state index is 0.438. The molecule has 2 aromatic rings. The summed E-state index contributed by atoms with van der Waals surface area (Å²) in [7, 11) is 0. The van der Waals surface area contributed by atoms with Crippen LogP contribution in [0.15, 0.2) is 36.8 Å². The molecule has 2 rings (SSSR count). The minimum atomic E-state index is 0.438. The Morgan fingerprint density at radius 3 is 2.50 bits per heavy atom. The van der Waals surface area contributed by atoms with Crippen LogP contribution in [0.4, 0.5) is 0 Å². The SMILES string of the molecule is CCCCc1ccc(C(CC)c2cnc[nH]2)cc1. The predicted octanol–water partition coefficient (Wildman–Crippen LogP) is 4.29. The fourth-order valence-corrected chi connectivity index (χ4v) is 2.39. The van der Waals surface area contributed by atoms with Crippen molar-refractivity contribution in [3.05, 3.63) is 53.6 Å². The highest BCUT2D eigenvalue weighted by Crippen LogP contribution is 2.26. The normalized spacial score (nSPS) is 12.6. The summed E-state index contributed by atoms with van der Waals surface area (Å²) in [5, 5.41) is 0. The predicted molar refractivity (Wildman–Crippen MR) is 75.8 cm³/mol.